The van der Waals surface area contributed by atoms with Crippen LogP contribution in [0, 0.1) is 13.8 Å². The molecule has 0 saturated carbocycles. The predicted octanol–water partition coefficient (Wildman–Crippen LogP) is 5.47. The zero-order valence-corrected chi connectivity index (χ0v) is 19.1. The van der Waals surface area contributed by atoms with Crippen LogP contribution in [0.15, 0.2) is 83.7 Å². The topological polar surface area (TPSA) is 83.3 Å². The number of ether oxygens (including phenoxy) is 1. The quantitative estimate of drug-likeness (QED) is 0.348. The predicted molar refractivity (Wildman–Crippen MR) is 129 cm³/mol. The Hall–Kier alpha value is -4.72. The van der Waals surface area contributed by atoms with Gasteiger partial charge in [-0.15, -0.1) is 5.10 Å². The van der Waals surface area contributed by atoms with Crippen LogP contribution < -0.4 is 4.74 Å². The fraction of sp³-hybridized carbons (Fsp3) is 0.111. The van der Waals surface area contributed by atoms with Crippen molar-refractivity contribution in [1.82, 2.24) is 29.4 Å². The zero-order valence-electron chi connectivity index (χ0n) is 19.1. The van der Waals surface area contributed by atoms with Crippen molar-refractivity contribution in [2.75, 3.05) is 0 Å². The van der Waals surface area contributed by atoms with E-state index in [1.807, 2.05) is 66.2 Å². The van der Waals surface area contributed by atoms with Crippen molar-refractivity contribution in [2.24, 2.45) is 0 Å². The van der Waals surface area contributed by atoms with Gasteiger partial charge in [-0.25, -0.2) is 19.2 Å². The second kappa shape index (κ2) is 7.39. The Bertz CT molecular complexity index is 1680. The van der Waals surface area contributed by atoms with Crippen LogP contribution in [0.2, 0.25) is 0 Å². The van der Waals surface area contributed by atoms with Gasteiger partial charge in [-0.1, -0.05) is 48.0 Å². The summed E-state index contributed by atoms with van der Waals surface area (Å²) in [4.78, 5) is 9.54. The van der Waals surface area contributed by atoms with Gasteiger partial charge in [0.05, 0.1) is 34.7 Å². The van der Waals surface area contributed by atoms with Crippen molar-refractivity contribution in [1.29, 1.82) is 0 Å². The molecule has 0 saturated heterocycles. The van der Waals surface area contributed by atoms with Crippen LogP contribution in [0.25, 0.3) is 22.7 Å². The summed E-state index contributed by atoms with van der Waals surface area (Å²) < 4.78 is 15.9. The van der Waals surface area contributed by atoms with Crippen molar-refractivity contribution in [3.8, 4) is 28.8 Å². The summed E-state index contributed by atoms with van der Waals surface area (Å²) in [5.74, 6) is 2.18. The van der Waals surface area contributed by atoms with Crippen molar-refractivity contribution >= 4 is 5.65 Å². The molecule has 0 aliphatic carbocycles. The lowest BCUT2D eigenvalue weighted by molar-refractivity contribution is 0.392. The molecule has 170 valence electrons. The molecule has 1 aliphatic rings. The number of hydrogen-bond donors (Lipinski definition) is 0. The van der Waals surface area contributed by atoms with Gasteiger partial charge in [0, 0.05) is 5.56 Å². The Balaban J connectivity index is 1.47. The van der Waals surface area contributed by atoms with Crippen molar-refractivity contribution in [2.45, 2.75) is 19.8 Å². The number of benzene rings is 2. The van der Waals surface area contributed by atoms with Crippen molar-refractivity contribution in [3.63, 3.8) is 0 Å². The van der Waals surface area contributed by atoms with E-state index in [1.54, 1.807) is 17.1 Å². The maximum absolute atomic E-state index is 6.42. The highest BCUT2D eigenvalue weighted by atomic mass is 16.5. The molecule has 0 N–H and O–H groups in total. The molecule has 0 radical (unpaired) electrons. The number of rotatable bonds is 3. The molecule has 5 heterocycles. The van der Waals surface area contributed by atoms with Gasteiger partial charge in [-0.3, -0.25) is 0 Å². The lowest BCUT2D eigenvalue weighted by Crippen LogP contribution is -2.15. The van der Waals surface area contributed by atoms with Crippen LogP contribution in [0.5, 0.6) is 11.8 Å². The molecule has 35 heavy (non-hydrogen) atoms. The van der Waals surface area contributed by atoms with E-state index in [9.17, 15) is 0 Å². The minimum Gasteiger partial charge on any atom is -0.468 e. The molecule has 6 aromatic rings. The first-order valence-electron chi connectivity index (χ1n) is 11.4. The smallest absolute Gasteiger partial charge is 0.230 e. The Kier molecular flexibility index (Phi) is 4.17. The molecular weight excluding hydrogens is 440 g/mol. The Morgan fingerprint density at radius 1 is 0.857 bits per heavy atom. The maximum atomic E-state index is 6.42. The second-order valence-electron chi connectivity index (χ2n) is 8.64. The number of fused-ring (bicyclic) bond motifs is 4. The number of nitrogens with zero attached hydrogens (tertiary/aromatic N) is 6. The van der Waals surface area contributed by atoms with Gasteiger partial charge in [0.1, 0.15) is 12.1 Å². The Labute approximate surface area is 200 Å². The summed E-state index contributed by atoms with van der Waals surface area (Å²) in [6.07, 6.45) is 3.31. The van der Waals surface area contributed by atoms with Crippen LogP contribution in [-0.4, -0.2) is 29.4 Å². The number of para-hydroxylation sites is 1. The van der Waals surface area contributed by atoms with Crippen LogP contribution in [-0.2, 0) is 0 Å². The molecule has 1 aliphatic heterocycles. The van der Waals surface area contributed by atoms with Gasteiger partial charge in [0.15, 0.2) is 11.5 Å². The average molecular weight is 460 g/mol. The summed E-state index contributed by atoms with van der Waals surface area (Å²) in [7, 11) is 0. The Morgan fingerprint density at radius 3 is 2.46 bits per heavy atom. The number of aromatic nitrogens is 6. The van der Waals surface area contributed by atoms with Gasteiger partial charge in [0.2, 0.25) is 11.8 Å². The third-order valence-corrected chi connectivity index (χ3v) is 6.36. The molecule has 0 amide bonds. The van der Waals surface area contributed by atoms with Gasteiger partial charge < -0.3 is 9.15 Å². The largest absolute Gasteiger partial charge is 0.468 e. The summed E-state index contributed by atoms with van der Waals surface area (Å²) in [6, 6.07) is 21.9. The first-order valence-corrected chi connectivity index (χ1v) is 11.4. The third kappa shape index (κ3) is 3.00. The zero-order chi connectivity index (χ0) is 23.5. The van der Waals surface area contributed by atoms with Gasteiger partial charge in [-0.2, -0.15) is 5.10 Å². The number of aryl methyl sites for hydroxylation is 2. The number of furan rings is 1. The first-order chi connectivity index (χ1) is 17.2. The van der Waals surface area contributed by atoms with Crippen LogP contribution in [0.1, 0.15) is 34.1 Å². The minimum absolute atomic E-state index is 0.299. The summed E-state index contributed by atoms with van der Waals surface area (Å²) in [5, 5.41) is 9.53. The molecule has 0 fully saturated rings. The van der Waals surface area contributed by atoms with E-state index in [2.05, 4.69) is 24.0 Å². The van der Waals surface area contributed by atoms with Crippen LogP contribution in [0.3, 0.4) is 0 Å². The second-order valence-corrected chi connectivity index (χ2v) is 8.64. The van der Waals surface area contributed by atoms with E-state index in [4.69, 9.17) is 24.3 Å². The molecule has 4 aromatic heterocycles. The minimum atomic E-state index is -0.299. The van der Waals surface area contributed by atoms with Crippen LogP contribution in [0.4, 0.5) is 0 Å². The highest BCUT2D eigenvalue weighted by molar-refractivity contribution is 5.68. The van der Waals surface area contributed by atoms with E-state index < -0.39 is 0 Å². The van der Waals surface area contributed by atoms with Crippen LogP contribution >= 0.6 is 0 Å². The number of hydrogen-bond acceptors (Lipinski definition) is 6. The highest BCUT2D eigenvalue weighted by Crippen LogP contribution is 2.49. The fourth-order valence-electron chi connectivity index (χ4n) is 4.69. The molecule has 0 spiro atoms. The van der Waals surface area contributed by atoms with E-state index in [0.29, 0.717) is 23.2 Å². The molecule has 2 aromatic carbocycles. The van der Waals surface area contributed by atoms with E-state index in [1.165, 1.54) is 5.56 Å². The SMILES string of the molecule is Cc1ccc(-c2nc3c4c(ncn3n2)Oc2c(c(C)nn2-c2ccccc2)[C@@H]4c2ccco2)cc1. The monoisotopic (exact) mass is 460 g/mol. The van der Waals surface area contributed by atoms with Crippen molar-refractivity contribution in [3.05, 3.63) is 107 Å². The first kappa shape index (κ1) is 19.7. The van der Waals surface area contributed by atoms with Crippen molar-refractivity contribution < 1.29 is 9.15 Å². The molecular formula is C27H20N6O2. The summed E-state index contributed by atoms with van der Waals surface area (Å²) in [6.45, 7) is 4.04. The molecule has 8 nitrogen and oxygen atoms in total. The fourth-order valence-corrected chi connectivity index (χ4v) is 4.69. The standard InChI is InChI=1S/C27H20N6O2/c1-16-10-12-18(13-11-16)24-29-25-23-22(20-9-6-14-34-20)21-17(2)30-33(19-7-4-3-5-8-19)27(21)35-26(23)28-15-32(25)31-24/h3-15,22H,1-2H3/t22-/m0/s1. The molecule has 7 rings (SSSR count). The maximum Gasteiger partial charge on any atom is 0.230 e. The molecule has 0 unspecified atom stereocenters. The normalized spacial score (nSPS) is 14.5. The van der Waals surface area contributed by atoms with E-state index >= 15 is 0 Å². The molecule has 1 atom stereocenters. The van der Waals surface area contributed by atoms with E-state index in [0.717, 1.165) is 33.8 Å². The lowest BCUT2D eigenvalue weighted by Gasteiger charge is -2.24. The van der Waals surface area contributed by atoms with Gasteiger partial charge in [-0.05, 0) is 38.1 Å². The lowest BCUT2D eigenvalue weighted by atomic mass is 9.88. The average Bonchev–Trinajstić information content (AvgIpc) is 3.63. The van der Waals surface area contributed by atoms with Gasteiger partial charge >= 0.3 is 0 Å². The Morgan fingerprint density at radius 2 is 1.69 bits per heavy atom. The molecule has 0 bridgehead atoms. The summed E-state index contributed by atoms with van der Waals surface area (Å²) in [5.41, 5.74) is 6.27. The molecule has 8 heteroatoms. The highest BCUT2D eigenvalue weighted by Gasteiger charge is 2.39. The van der Waals surface area contributed by atoms with E-state index in [-0.39, 0.29) is 5.92 Å². The van der Waals surface area contributed by atoms with Gasteiger partial charge in [0.25, 0.3) is 0 Å². The summed E-state index contributed by atoms with van der Waals surface area (Å²) >= 11 is 0. The third-order valence-electron chi connectivity index (χ3n) is 6.36.